The van der Waals surface area contributed by atoms with Gasteiger partial charge in [-0.3, -0.25) is 0 Å². The van der Waals surface area contributed by atoms with Crippen LogP contribution < -0.4 is 5.32 Å². The fourth-order valence-corrected chi connectivity index (χ4v) is 2.87. The molecule has 0 aliphatic carbocycles. The highest BCUT2D eigenvalue weighted by molar-refractivity contribution is 9.10. The molecular weight excluding hydrogens is 347 g/mol. The van der Waals surface area contributed by atoms with Crippen molar-refractivity contribution in [2.24, 2.45) is 0 Å². The number of aromatic nitrogens is 2. The summed E-state index contributed by atoms with van der Waals surface area (Å²) < 4.78 is 41.8. The SMILES string of the molecule is Cc1cc2n(n1)C(C(F)(F)F)CC(c1ccc(Br)cc1)N2. The third-order valence-electron chi connectivity index (χ3n) is 3.58. The molecule has 1 N–H and O–H groups in total. The molecule has 0 saturated heterocycles. The second-order valence-electron chi connectivity index (χ2n) is 5.16. The number of anilines is 1. The summed E-state index contributed by atoms with van der Waals surface area (Å²) in [7, 11) is 0. The van der Waals surface area contributed by atoms with Crippen molar-refractivity contribution in [2.45, 2.75) is 31.6 Å². The zero-order valence-corrected chi connectivity index (χ0v) is 12.7. The minimum Gasteiger partial charge on any atom is -0.363 e. The number of alkyl halides is 3. The van der Waals surface area contributed by atoms with Crippen molar-refractivity contribution in [3.05, 3.63) is 46.1 Å². The van der Waals surface area contributed by atoms with Gasteiger partial charge in [-0.05, 0) is 24.6 Å². The van der Waals surface area contributed by atoms with Crippen LogP contribution in [0.1, 0.15) is 29.8 Å². The Balaban J connectivity index is 1.98. The smallest absolute Gasteiger partial charge is 0.363 e. The van der Waals surface area contributed by atoms with E-state index in [1.807, 2.05) is 24.3 Å². The standard InChI is InChI=1S/C14H13BrF3N3/c1-8-6-13-19-11(9-2-4-10(15)5-3-9)7-12(14(16,17)18)21(13)20-8/h2-6,11-12,19H,7H2,1H3. The predicted molar refractivity (Wildman–Crippen MR) is 77.2 cm³/mol. The lowest BCUT2D eigenvalue weighted by Crippen LogP contribution is -2.35. The molecule has 0 fully saturated rings. The molecule has 7 heteroatoms. The van der Waals surface area contributed by atoms with Crippen molar-refractivity contribution in [2.75, 3.05) is 5.32 Å². The van der Waals surface area contributed by atoms with E-state index in [0.717, 1.165) is 14.7 Å². The Morgan fingerprint density at radius 3 is 2.57 bits per heavy atom. The van der Waals surface area contributed by atoms with E-state index in [-0.39, 0.29) is 12.5 Å². The van der Waals surface area contributed by atoms with Crippen molar-refractivity contribution in [1.29, 1.82) is 0 Å². The molecule has 0 bridgehead atoms. The number of hydrogen-bond acceptors (Lipinski definition) is 2. The van der Waals surface area contributed by atoms with Crippen molar-refractivity contribution < 1.29 is 13.2 Å². The Morgan fingerprint density at radius 1 is 1.29 bits per heavy atom. The first-order chi connectivity index (χ1) is 9.84. The van der Waals surface area contributed by atoms with Gasteiger partial charge >= 0.3 is 6.18 Å². The minimum atomic E-state index is -4.32. The molecular formula is C14H13BrF3N3. The van der Waals surface area contributed by atoms with Gasteiger partial charge < -0.3 is 5.32 Å². The number of aryl methyl sites for hydroxylation is 1. The molecule has 3 rings (SSSR count). The molecule has 0 radical (unpaired) electrons. The van der Waals surface area contributed by atoms with Gasteiger partial charge in [0.1, 0.15) is 5.82 Å². The van der Waals surface area contributed by atoms with Crippen LogP contribution in [0.4, 0.5) is 19.0 Å². The van der Waals surface area contributed by atoms with Gasteiger partial charge in [0.05, 0.1) is 11.7 Å². The maximum absolute atomic E-state index is 13.3. The Hall–Kier alpha value is -1.50. The average Bonchev–Trinajstić information content (AvgIpc) is 2.77. The zero-order chi connectivity index (χ0) is 15.2. The summed E-state index contributed by atoms with van der Waals surface area (Å²) in [6.45, 7) is 1.69. The van der Waals surface area contributed by atoms with Crippen molar-refractivity contribution >= 4 is 21.7 Å². The molecule has 0 saturated carbocycles. The molecule has 2 aromatic rings. The molecule has 2 atom stereocenters. The molecule has 112 valence electrons. The Bertz CT molecular complexity index is 648. The number of fused-ring (bicyclic) bond motifs is 1. The van der Waals surface area contributed by atoms with Crippen LogP contribution in [0.25, 0.3) is 0 Å². The average molecular weight is 360 g/mol. The van der Waals surface area contributed by atoms with E-state index in [4.69, 9.17) is 0 Å². The van der Waals surface area contributed by atoms with Crippen LogP contribution in [0.15, 0.2) is 34.8 Å². The lowest BCUT2D eigenvalue weighted by atomic mass is 9.97. The minimum absolute atomic E-state index is 0.0702. The van der Waals surface area contributed by atoms with Gasteiger partial charge in [0.2, 0.25) is 0 Å². The van der Waals surface area contributed by atoms with E-state index >= 15 is 0 Å². The Kier molecular flexibility index (Phi) is 3.47. The third-order valence-corrected chi connectivity index (χ3v) is 4.11. The predicted octanol–water partition coefficient (Wildman–Crippen LogP) is 4.61. The van der Waals surface area contributed by atoms with Crippen LogP contribution in [0.3, 0.4) is 0 Å². The summed E-state index contributed by atoms with van der Waals surface area (Å²) in [4.78, 5) is 0. The number of benzene rings is 1. The van der Waals surface area contributed by atoms with E-state index in [0.29, 0.717) is 11.5 Å². The van der Waals surface area contributed by atoms with Crippen LogP contribution in [0, 0.1) is 6.92 Å². The van der Waals surface area contributed by atoms with Gasteiger partial charge in [0, 0.05) is 17.0 Å². The Labute approximate surface area is 128 Å². The molecule has 1 aliphatic rings. The normalized spacial score (nSPS) is 21.8. The van der Waals surface area contributed by atoms with Gasteiger partial charge in [-0.25, -0.2) is 4.68 Å². The monoisotopic (exact) mass is 359 g/mol. The summed E-state index contributed by atoms with van der Waals surface area (Å²) in [5.74, 6) is 0.411. The molecule has 21 heavy (non-hydrogen) atoms. The summed E-state index contributed by atoms with van der Waals surface area (Å²) in [6.07, 6.45) is -4.39. The first-order valence-corrected chi connectivity index (χ1v) is 7.29. The molecule has 2 unspecified atom stereocenters. The van der Waals surface area contributed by atoms with E-state index in [9.17, 15) is 13.2 Å². The van der Waals surface area contributed by atoms with Gasteiger partial charge in [-0.15, -0.1) is 0 Å². The lowest BCUT2D eigenvalue weighted by Gasteiger charge is -2.33. The number of halogens is 4. The van der Waals surface area contributed by atoms with Crippen LogP contribution in [0.5, 0.6) is 0 Å². The second-order valence-corrected chi connectivity index (χ2v) is 6.07. The second kappa shape index (κ2) is 5.05. The number of nitrogens with one attached hydrogen (secondary N) is 1. The fraction of sp³-hybridized carbons (Fsp3) is 0.357. The topological polar surface area (TPSA) is 29.9 Å². The van der Waals surface area contributed by atoms with E-state index < -0.39 is 12.2 Å². The summed E-state index contributed by atoms with van der Waals surface area (Å²) in [6, 6.07) is 6.98. The largest absolute Gasteiger partial charge is 0.410 e. The quantitative estimate of drug-likeness (QED) is 0.805. The molecule has 2 heterocycles. The van der Waals surface area contributed by atoms with Gasteiger partial charge in [-0.2, -0.15) is 18.3 Å². The summed E-state index contributed by atoms with van der Waals surface area (Å²) >= 11 is 3.33. The van der Waals surface area contributed by atoms with Gasteiger partial charge in [0.15, 0.2) is 6.04 Å². The Morgan fingerprint density at radius 2 is 1.95 bits per heavy atom. The zero-order valence-electron chi connectivity index (χ0n) is 11.2. The molecule has 0 amide bonds. The molecule has 1 aromatic carbocycles. The van der Waals surface area contributed by atoms with E-state index in [1.165, 1.54) is 0 Å². The van der Waals surface area contributed by atoms with Crippen LogP contribution >= 0.6 is 15.9 Å². The van der Waals surface area contributed by atoms with Crippen LogP contribution in [-0.4, -0.2) is 16.0 Å². The molecule has 1 aromatic heterocycles. The lowest BCUT2D eigenvalue weighted by molar-refractivity contribution is -0.173. The third kappa shape index (κ3) is 2.79. The van der Waals surface area contributed by atoms with Crippen molar-refractivity contribution in [3.63, 3.8) is 0 Å². The first-order valence-electron chi connectivity index (χ1n) is 6.49. The van der Waals surface area contributed by atoms with Gasteiger partial charge in [-0.1, -0.05) is 28.1 Å². The number of rotatable bonds is 1. The fourth-order valence-electron chi connectivity index (χ4n) is 2.61. The maximum Gasteiger partial charge on any atom is 0.410 e. The maximum atomic E-state index is 13.3. The first kappa shape index (κ1) is 14.4. The van der Waals surface area contributed by atoms with E-state index in [1.54, 1.807) is 13.0 Å². The molecule has 3 nitrogen and oxygen atoms in total. The number of nitrogens with zero attached hydrogens (tertiary/aromatic N) is 2. The molecule has 1 aliphatic heterocycles. The van der Waals surface area contributed by atoms with E-state index in [2.05, 4.69) is 26.3 Å². The molecule has 0 spiro atoms. The van der Waals surface area contributed by atoms with Crippen molar-refractivity contribution in [1.82, 2.24) is 9.78 Å². The van der Waals surface area contributed by atoms with Crippen molar-refractivity contribution in [3.8, 4) is 0 Å². The highest BCUT2D eigenvalue weighted by Crippen LogP contribution is 2.43. The summed E-state index contributed by atoms with van der Waals surface area (Å²) in [5.41, 5.74) is 1.40. The number of hydrogen-bond donors (Lipinski definition) is 1. The summed E-state index contributed by atoms with van der Waals surface area (Å²) in [5, 5.41) is 7.11. The highest BCUT2D eigenvalue weighted by atomic mass is 79.9. The van der Waals surface area contributed by atoms with Crippen LogP contribution in [0.2, 0.25) is 0 Å². The van der Waals surface area contributed by atoms with Gasteiger partial charge in [0.25, 0.3) is 0 Å². The van der Waals surface area contributed by atoms with Crippen LogP contribution in [-0.2, 0) is 0 Å². The highest BCUT2D eigenvalue weighted by Gasteiger charge is 2.46.